The average molecular weight is 301 g/mol. The summed E-state index contributed by atoms with van der Waals surface area (Å²) in [4.78, 5) is 29.6. The molecule has 2 aliphatic rings. The number of carbonyl (C=O) groups excluding carboxylic acids is 2. The van der Waals surface area contributed by atoms with E-state index in [1.807, 2.05) is 31.2 Å². The number of benzene rings is 1. The highest BCUT2D eigenvalue weighted by molar-refractivity contribution is 6.23. The number of rotatable bonds is 2. The SMILES string of the molecule is CON1C(=O)C(c2ccccc2C)=C(O)C12CCC(=O)CC2. The molecule has 1 N–H and O–H groups in total. The number of hydrogen-bond donors (Lipinski definition) is 1. The Bertz CT molecular complexity index is 667. The standard InChI is InChI=1S/C17H19NO4/c1-11-5-3-4-6-13(11)14-15(20)17(18(22-2)16(14)21)9-7-12(19)8-10-17/h3-6,20H,7-10H2,1-2H3. The number of aliphatic hydroxyl groups is 1. The zero-order valence-electron chi connectivity index (χ0n) is 12.8. The van der Waals surface area contributed by atoms with E-state index in [9.17, 15) is 14.7 Å². The van der Waals surface area contributed by atoms with Gasteiger partial charge in [0.05, 0.1) is 12.7 Å². The number of aliphatic hydroxyl groups excluding tert-OH is 1. The average Bonchev–Trinajstić information content (AvgIpc) is 2.71. The Labute approximate surface area is 129 Å². The minimum atomic E-state index is -0.905. The molecule has 0 saturated heterocycles. The fourth-order valence-electron chi connectivity index (χ4n) is 3.46. The van der Waals surface area contributed by atoms with Crippen molar-refractivity contribution in [1.82, 2.24) is 5.06 Å². The van der Waals surface area contributed by atoms with Gasteiger partial charge in [0, 0.05) is 12.8 Å². The summed E-state index contributed by atoms with van der Waals surface area (Å²) in [5, 5.41) is 12.1. The fraction of sp³-hybridized carbons (Fsp3) is 0.412. The Hall–Kier alpha value is -2.14. The molecule has 1 aromatic carbocycles. The van der Waals surface area contributed by atoms with Gasteiger partial charge in [-0.15, -0.1) is 0 Å². The summed E-state index contributed by atoms with van der Waals surface area (Å²) in [5.41, 5.74) is 1.00. The summed E-state index contributed by atoms with van der Waals surface area (Å²) in [6.45, 7) is 1.90. The van der Waals surface area contributed by atoms with Crippen molar-refractivity contribution >= 4 is 17.3 Å². The molecule has 0 aromatic heterocycles. The summed E-state index contributed by atoms with van der Waals surface area (Å²) in [5.74, 6) is -0.156. The summed E-state index contributed by atoms with van der Waals surface area (Å²) in [6.07, 6.45) is 1.48. The highest BCUT2D eigenvalue weighted by atomic mass is 16.7. The zero-order valence-corrected chi connectivity index (χ0v) is 12.8. The van der Waals surface area contributed by atoms with Crippen LogP contribution in [0.5, 0.6) is 0 Å². The smallest absolute Gasteiger partial charge is 0.282 e. The first-order valence-corrected chi connectivity index (χ1v) is 7.41. The largest absolute Gasteiger partial charge is 0.509 e. The van der Waals surface area contributed by atoms with E-state index in [1.165, 1.54) is 12.2 Å². The second-order valence-electron chi connectivity index (χ2n) is 5.89. The van der Waals surface area contributed by atoms with Crippen molar-refractivity contribution in [1.29, 1.82) is 0 Å². The summed E-state index contributed by atoms with van der Waals surface area (Å²) in [7, 11) is 1.42. The zero-order chi connectivity index (χ0) is 15.9. The lowest BCUT2D eigenvalue weighted by Gasteiger charge is -2.38. The molecule has 1 spiro atoms. The normalized spacial score (nSPS) is 21.1. The quantitative estimate of drug-likeness (QED) is 0.911. The summed E-state index contributed by atoms with van der Waals surface area (Å²) in [6, 6.07) is 7.44. The Morgan fingerprint density at radius 1 is 1.18 bits per heavy atom. The molecular weight excluding hydrogens is 282 g/mol. The molecule has 1 amide bonds. The van der Waals surface area contributed by atoms with Gasteiger partial charge in [0.1, 0.15) is 17.1 Å². The monoisotopic (exact) mass is 301 g/mol. The maximum Gasteiger partial charge on any atom is 0.282 e. The molecule has 0 radical (unpaired) electrons. The molecule has 0 atom stereocenters. The van der Waals surface area contributed by atoms with Crippen molar-refractivity contribution in [3.05, 3.63) is 41.2 Å². The number of Topliss-reactive ketones (excluding diaryl/α,β-unsaturated/α-hetero) is 1. The molecule has 0 bridgehead atoms. The van der Waals surface area contributed by atoms with Crippen molar-refractivity contribution < 1.29 is 19.5 Å². The van der Waals surface area contributed by atoms with Gasteiger partial charge in [-0.05, 0) is 30.9 Å². The van der Waals surface area contributed by atoms with Gasteiger partial charge in [-0.2, -0.15) is 0 Å². The first-order valence-electron chi connectivity index (χ1n) is 7.41. The maximum atomic E-state index is 12.8. The van der Waals surface area contributed by atoms with Crippen LogP contribution in [0.2, 0.25) is 0 Å². The number of hydrogen-bond acceptors (Lipinski definition) is 4. The fourth-order valence-corrected chi connectivity index (χ4v) is 3.46. The van der Waals surface area contributed by atoms with E-state index in [2.05, 4.69) is 0 Å². The van der Waals surface area contributed by atoms with E-state index in [4.69, 9.17) is 4.84 Å². The minimum Gasteiger partial charge on any atom is -0.509 e. The first kappa shape index (κ1) is 14.8. The van der Waals surface area contributed by atoms with E-state index in [0.717, 1.165) is 5.56 Å². The second kappa shape index (κ2) is 5.25. The predicted octanol–water partition coefficient (Wildman–Crippen LogP) is 2.55. The van der Waals surface area contributed by atoms with Crippen LogP contribution in [0.4, 0.5) is 0 Å². The lowest BCUT2D eigenvalue weighted by atomic mass is 9.79. The molecule has 5 nitrogen and oxygen atoms in total. The van der Waals surface area contributed by atoms with Gasteiger partial charge in [-0.1, -0.05) is 24.3 Å². The van der Waals surface area contributed by atoms with Gasteiger partial charge in [0.25, 0.3) is 5.91 Å². The van der Waals surface area contributed by atoms with Crippen LogP contribution < -0.4 is 0 Å². The Balaban J connectivity index is 2.13. The van der Waals surface area contributed by atoms with Gasteiger partial charge in [0.15, 0.2) is 0 Å². The van der Waals surface area contributed by atoms with Crippen LogP contribution in [0.25, 0.3) is 5.57 Å². The van der Waals surface area contributed by atoms with Crippen LogP contribution in [0.1, 0.15) is 36.8 Å². The number of nitrogens with zero attached hydrogens (tertiary/aromatic N) is 1. The molecule has 1 fully saturated rings. The van der Waals surface area contributed by atoms with Crippen molar-refractivity contribution in [2.24, 2.45) is 0 Å². The molecule has 1 saturated carbocycles. The Morgan fingerprint density at radius 2 is 1.82 bits per heavy atom. The second-order valence-corrected chi connectivity index (χ2v) is 5.89. The van der Waals surface area contributed by atoms with Crippen LogP contribution in [-0.2, 0) is 14.4 Å². The van der Waals surface area contributed by atoms with Gasteiger partial charge < -0.3 is 5.11 Å². The van der Waals surface area contributed by atoms with E-state index in [1.54, 1.807) is 0 Å². The van der Waals surface area contributed by atoms with Gasteiger partial charge in [-0.25, -0.2) is 5.06 Å². The van der Waals surface area contributed by atoms with Crippen LogP contribution in [0.3, 0.4) is 0 Å². The molecule has 3 rings (SSSR count). The molecular formula is C17H19NO4. The van der Waals surface area contributed by atoms with Crippen LogP contribution in [-0.4, -0.2) is 34.5 Å². The van der Waals surface area contributed by atoms with Gasteiger partial charge in [-0.3, -0.25) is 14.4 Å². The summed E-state index contributed by atoms with van der Waals surface area (Å²) < 4.78 is 0. The number of hydroxylamine groups is 2. The Kier molecular flexibility index (Phi) is 3.53. The molecule has 5 heteroatoms. The van der Waals surface area contributed by atoms with Crippen molar-refractivity contribution in [3.8, 4) is 0 Å². The maximum absolute atomic E-state index is 12.8. The molecule has 1 aromatic rings. The van der Waals surface area contributed by atoms with Gasteiger partial charge >= 0.3 is 0 Å². The molecule has 22 heavy (non-hydrogen) atoms. The van der Waals surface area contributed by atoms with E-state index in [0.29, 0.717) is 31.2 Å². The van der Waals surface area contributed by atoms with Crippen LogP contribution >= 0.6 is 0 Å². The number of amides is 1. The molecule has 1 aliphatic carbocycles. The van der Waals surface area contributed by atoms with E-state index < -0.39 is 5.54 Å². The van der Waals surface area contributed by atoms with Crippen molar-refractivity contribution in [2.45, 2.75) is 38.1 Å². The van der Waals surface area contributed by atoms with Crippen LogP contribution in [0.15, 0.2) is 30.0 Å². The molecule has 116 valence electrons. The Morgan fingerprint density at radius 3 is 2.41 bits per heavy atom. The lowest BCUT2D eigenvalue weighted by Crippen LogP contribution is -2.50. The number of carbonyl (C=O) groups is 2. The van der Waals surface area contributed by atoms with Crippen molar-refractivity contribution in [3.63, 3.8) is 0 Å². The van der Waals surface area contributed by atoms with Gasteiger partial charge in [0.2, 0.25) is 0 Å². The van der Waals surface area contributed by atoms with E-state index >= 15 is 0 Å². The first-order chi connectivity index (χ1) is 10.5. The molecule has 1 aliphatic heterocycles. The van der Waals surface area contributed by atoms with Crippen molar-refractivity contribution in [2.75, 3.05) is 7.11 Å². The highest BCUT2D eigenvalue weighted by Gasteiger charge is 2.54. The molecule has 1 heterocycles. The highest BCUT2D eigenvalue weighted by Crippen LogP contribution is 2.46. The number of ketones is 1. The molecule has 0 unspecified atom stereocenters. The predicted molar refractivity (Wildman–Crippen MR) is 80.8 cm³/mol. The third-order valence-electron chi connectivity index (χ3n) is 4.70. The summed E-state index contributed by atoms with van der Waals surface area (Å²) >= 11 is 0. The number of aryl methyl sites for hydroxylation is 1. The van der Waals surface area contributed by atoms with Crippen LogP contribution in [0, 0.1) is 6.92 Å². The third kappa shape index (κ3) is 1.96. The lowest BCUT2D eigenvalue weighted by molar-refractivity contribution is -0.200. The van der Waals surface area contributed by atoms with E-state index in [-0.39, 0.29) is 23.0 Å². The minimum absolute atomic E-state index is 0.0288. The topological polar surface area (TPSA) is 66.8 Å². The third-order valence-corrected chi connectivity index (χ3v) is 4.70.